The van der Waals surface area contributed by atoms with Crippen molar-refractivity contribution in [1.82, 2.24) is 15.3 Å². The zero-order chi connectivity index (χ0) is 19.4. The van der Waals surface area contributed by atoms with E-state index in [2.05, 4.69) is 20.6 Å². The number of hydrogen-bond acceptors (Lipinski definition) is 4. The summed E-state index contributed by atoms with van der Waals surface area (Å²) < 4.78 is 13.3. The summed E-state index contributed by atoms with van der Waals surface area (Å²) in [5.74, 6) is -0.0582. The number of halogens is 1. The Labute approximate surface area is 157 Å². The second-order valence-electron chi connectivity index (χ2n) is 7.22. The lowest BCUT2D eigenvalue weighted by Crippen LogP contribution is -2.40. The Morgan fingerprint density at radius 3 is 2.33 bits per heavy atom. The smallest absolute Gasteiger partial charge is 0.251 e. The highest BCUT2D eigenvalue weighted by atomic mass is 19.1. The first-order chi connectivity index (χ1) is 12.8. The van der Waals surface area contributed by atoms with Gasteiger partial charge in [0.1, 0.15) is 5.82 Å². The molecule has 0 aliphatic carbocycles. The van der Waals surface area contributed by atoms with Crippen molar-refractivity contribution in [3.05, 3.63) is 72.3 Å². The van der Waals surface area contributed by atoms with E-state index in [9.17, 15) is 9.18 Å². The van der Waals surface area contributed by atoms with Crippen molar-refractivity contribution in [2.75, 3.05) is 5.32 Å². The van der Waals surface area contributed by atoms with Crippen LogP contribution in [-0.4, -0.2) is 21.4 Å². The summed E-state index contributed by atoms with van der Waals surface area (Å²) in [5.41, 5.74) is 2.37. The van der Waals surface area contributed by atoms with Gasteiger partial charge in [0.25, 0.3) is 5.91 Å². The Morgan fingerprint density at radius 2 is 1.67 bits per heavy atom. The van der Waals surface area contributed by atoms with Gasteiger partial charge in [-0.05, 0) is 56.7 Å². The van der Waals surface area contributed by atoms with Gasteiger partial charge in [0.15, 0.2) is 0 Å². The maximum Gasteiger partial charge on any atom is 0.251 e. The fourth-order valence-electron chi connectivity index (χ4n) is 2.49. The first-order valence-corrected chi connectivity index (χ1v) is 8.58. The van der Waals surface area contributed by atoms with Crippen molar-refractivity contribution < 1.29 is 9.18 Å². The van der Waals surface area contributed by atoms with Crippen LogP contribution < -0.4 is 10.6 Å². The monoisotopic (exact) mass is 364 g/mol. The largest absolute Gasteiger partial charge is 0.347 e. The van der Waals surface area contributed by atoms with Crippen LogP contribution in [0.5, 0.6) is 0 Å². The van der Waals surface area contributed by atoms with Crippen molar-refractivity contribution in [3.8, 4) is 11.1 Å². The third-order valence-electron chi connectivity index (χ3n) is 3.68. The van der Waals surface area contributed by atoms with Gasteiger partial charge in [0.2, 0.25) is 5.95 Å². The number of carbonyl (C=O) groups is 1. The molecule has 0 atom stereocenters. The summed E-state index contributed by atoms with van der Waals surface area (Å²) in [6.07, 6.45) is 3.25. The van der Waals surface area contributed by atoms with E-state index < -0.39 is 0 Å². The number of benzene rings is 2. The summed E-state index contributed by atoms with van der Waals surface area (Å²) in [6, 6.07) is 13.4. The molecule has 2 aromatic carbocycles. The van der Waals surface area contributed by atoms with Crippen LogP contribution in [-0.2, 0) is 0 Å². The van der Waals surface area contributed by atoms with E-state index in [1.165, 1.54) is 12.1 Å². The summed E-state index contributed by atoms with van der Waals surface area (Å²) in [7, 11) is 0. The van der Waals surface area contributed by atoms with E-state index in [-0.39, 0.29) is 17.3 Å². The topological polar surface area (TPSA) is 66.9 Å². The van der Waals surface area contributed by atoms with Crippen molar-refractivity contribution >= 4 is 17.5 Å². The molecule has 5 nitrogen and oxygen atoms in total. The Bertz CT molecular complexity index is 949. The molecule has 3 aromatic rings. The Kier molecular flexibility index (Phi) is 5.16. The molecule has 0 unspecified atom stereocenters. The lowest BCUT2D eigenvalue weighted by Gasteiger charge is -2.20. The molecule has 3 rings (SSSR count). The molecule has 0 saturated carbocycles. The molecule has 0 radical (unpaired) electrons. The minimum atomic E-state index is -0.309. The first-order valence-electron chi connectivity index (χ1n) is 8.58. The first kappa shape index (κ1) is 18.5. The standard InChI is InChI=1S/C21H21FN4O/c1-21(2,3)26-19(27)15-7-5-9-18(11-15)25-20-23-12-16(13-24-20)14-6-4-8-17(22)10-14/h4-13H,1-3H3,(H,26,27)(H,23,24,25). The summed E-state index contributed by atoms with van der Waals surface area (Å²) in [6.45, 7) is 5.79. The van der Waals surface area contributed by atoms with Gasteiger partial charge in [-0.3, -0.25) is 4.79 Å². The Morgan fingerprint density at radius 1 is 0.963 bits per heavy atom. The maximum absolute atomic E-state index is 13.3. The molecule has 1 amide bonds. The third kappa shape index (κ3) is 5.10. The summed E-state index contributed by atoms with van der Waals surface area (Å²) >= 11 is 0. The molecule has 27 heavy (non-hydrogen) atoms. The zero-order valence-corrected chi connectivity index (χ0v) is 15.5. The van der Waals surface area contributed by atoms with Crippen molar-refractivity contribution in [3.63, 3.8) is 0 Å². The van der Waals surface area contributed by atoms with Crippen molar-refractivity contribution in [2.24, 2.45) is 0 Å². The fourth-order valence-corrected chi connectivity index (χ4v) is 2.49. The molecule has 138 valence electrons. The van der Waals surface area contributed by atoms with Gasteiger partial charge in [-0.25, -0.2) is 14.4 Å². The number of nitrogens with zero attached hydrogens (tertiary/aromatic N) is 2. The highest BCUT2D eigenvalue weighted by Gasteiger charge is 2.15. The number of carbonyl (C=O) groups excluding carboxylic acids is 1. The average molecular weight is 364 g/mol. The van der Waals surface area contributed by atoms with E-state index in [4.69, 9.17) is 0 Å². The van der Waals surface area contributed by atoms with Gasteiger partial charge in [-0.1, -0.05) is 18.2 Å². The second kappa shape index (κ2) is 7.53. The van der Waals surface area contributed by atoms with E-state index in [0.29, 0.717) is 22.8 Å². The number of hydrogen-bond donors (Lipinski definition) is 2. The van der Waals surface area contributed by atoms with Crippen LogP contribution in [0.25, 0.3) is 11.1 Å². The van der Waals surface area contributed by atoms with Crippen LogP contribution in [0.1, 0.15) is 31.1 Å². The van der Waals surface area contributed by atoms with E-state index >= 15 is 0 Å². The van der Waals surface area contributed by atoms with Crippen molar-refractivity contribution in [1.29, 1.82) is 0 Å². The molecule has 2 N–H and O–H groups in total. The number of nitrogens with one attached hydrogen (secondary N) is 2. The Hall–Kier alpha value is -3.28. The van der Waals surface area contributed by atoms with Crippen LogP contribution >= 0.6 is 0 Å². The molecule has 0 fully saturated rings. The van der Waals surface area contributed by atoms with E-state index in [0.717, 1.165) is 5.56 Å². The normalized spacial score (nSPS) is 11.1. The predicted molar refractivity (Wildman–Crippen MR) is 104 cm³/mol. The molecule has 0 bridgehead atoms. The highest BCUT2D eigenvalue weighted by Crippen LogP contribution is 2.20. The highest BCUT2D eigenvalue weighted by molar-refractivity contribution is 5.95. The molecule has 0 aliphatic heterocycles. The van der Waals surface area contributed by atoms with Crippen molar-refractivity contribution in [2.45, 2.75) is 26.3 Å². The minimum Gasteiger partial charge on any atom is -0.347 e. The van der Waals surface area contributed by atoms with E-state index in [1.54, 1.807) is 42.7 Å². The number of rotatable bonds is 4. The Balaban J connectivity index is 1.74. The fraction of sp³-hybridized carbons (Fsp3) is 0.190. The molecule has 0 saturated heterocycles. The molecule has 0 spiro atoms. The van der Waals surface area contributed by atoms with E-state index in [1.807, 2.05) is 26.8 Å². The van der Waals surface area contributed by atoms with Gasteiger partial charge in [-0.2, -0.15) is 0 Å². The van der Waals surface area contributed by atoms with Gasteiger partial charge in [-0.15, -0.1) is 0 Å². The van der Waals surface area contributed by atoms with Gasteiger partial charge in [0.05, 0.1) is 0 Å². The number of amides is 1. The summed E-state index contributed by atoms with van der Waals surface area (Å²) in [4.78, 5) is 20.8. The lowest BCUT2D eigenvalue weighted by atomic mass is 10.1. The number of anilines is 2. The molecule has 1 aromatic heterocycles. The van der Waals surface area contributed by atoms with Gasteiger partial charge < -0.3 is 10.6 Å². The second-order valence-corrected chi connectivity index (χ2v) is 7.22. The van der Waals surface area contributed by atoms with Gasteiger partial charge >= 0.3 is 0 Å². The maximum atomic E-state index is 13.3. The molecular formula is C21H21FN4O. The predicted octanol–water partition coefficient (Wildman–Crippen LogP) is 4.55. The zero-order valence-electron chi connectivity index (χ0n) is 15.5. The third-order valence-corrected chi connectivity index (χ3v) is 3.68. The summed E-state index contributed by atoms with van der Waals surface area (Å²) in [5, 5.41) is 6.00. The van der Waals surface area contributed by atoms with Crippen LogP contribution in [0, 0.1) is 5.82 Å². The van der Waals surface area contributed by atoms with Crippen LogP contribution in [0.15, 0.2) is 60.9 Å². The van der Waals surface area contributed by atoms with Crippen LogP contribution in [0.4, 0.5) is 16.0 Å². The molecular weight excluding hydrogens is 343 g/mol. The van der Waals surface area contributed by atoms with Crippen LogP contribution in [0.3, 0.4) is 0 Å². The molecule has 1 heterocycles. The van der Waals surface area contributed by atoms with Gasteiger partial charge in [0, 0.05) is 34.7 Å². The minimum absolute atomic E-state index is 0.145. The molecule has 6 heteroatoms. The average Bonchev–Trinajstić information content (AvgIpc) is 2.61. The molecule has 0 aliphatic rings. The quantitative estimate of drug-likeness (QED) is 0.712. The SMILES string of the molecule is CC(C)(C)NC(=O)c1cccc(Nc2ncc(-c3cccc(F)c3)cn2)c1. The van der Waals surface area contributed by atoms with Crippen LogP contribution in [0.2, 0.25) is 0 Å². The number of aromatic nitrogens is 2. The lowest BCUT2D eigenvalue weighted by molar-refractivity contribution is 0.0919.